The van der Waals surface area contributed by atoms with Crippen LogP contribution in [0.2, 0.25) is 0 Å². The molecule has 10 heteroatoms. The third-order valence-electron chi connectivity index (χ3n) is 4.69. The second-order valence-electron chi connectivity index (χ2n) is 6.80. The van der Waals surface area contributed by atoms with E-state index in [1.165, 1.54) is 13.8 Å². The van der Waals surface area contributed by atoms with E-state index in [0.29, 0.717) is 6.08 Å². The highest BCUT2D eigenvalue weighted by Crippen LogP contribution is 2.60. The molecule has 1 aliphatic carbocycles. The van der Waals surface area contributed by atoms with Crippen molar-refractivity contribution in [3.63, 3.8) is 0 Å². The number of benzene rings is 1. The van der Waals surface area contributed by atoms with Gasteiger partial charge in [0.2, 0.25) is 0 Å². The fourth-order valence-corrected chi connectivity index (χ4v) is 2.97. The minimum absolute atomic E-state index is 0.667. The summed E-state index contributed by atoms with van der Waals surface area (Å²) >= 11 is 5.15. The zero-order chi connectivity index (χ0) is 20.9. The molecule has 0 radical (unpaired) electrons. The average Bonchev–Trinajstić information content (AvgIpc) is 3.10. The van der Waals surface area contributed by atoms with Crippen LogP contribution in [0.1, 0.15) is 25.0 Å². The molecule has 2 atom stereocenters. The van der Waals surface area contributed by atoms with E-state index in [-0.39, 0.29) is 0 Å². The molecule has 150 valence electrons. The van der Waals surface area contributed by atoms with Crippen LogP contribution < -0.4 is 0 Å². The van der Waals surface area contributed by atoms with Gasteiger partial charge in [-0.05, 0) is 18.3 Å². The molecule has 1 aliphatic rings. The van der Waals surface area contributed by atoms with Crippen molar-refractivity contribution in [3.05, 3.63) is 45.5 Å². The smallest absolute Gasteiger partial charge is 0.426 e. The van der Waals surface area contributed by atoms with Crippen molar-refractivity contribution in [1.29, 1.82) is 0 Å². The summed E-state index contributed by atoms with van der Waals surface area (Å²) in [5.74, 6) is -9.68. The van der Waals surface area contributed by atoms with Crippen molar-refractivity contribution in [2.45, 2.75) is 33.6 Å². The zero-order valence-electron chi connectivity index (χ0n) is 14.3. The lowest BCUT2D eigenvalue weighted by atomic mass is 10.1. The maximum Gasteiger partial charge on any atom is 0.426 e. The highest BCUT2D eigenvalue weighted by Gasteiger charge is 2.62. The molecule has 2 rings (SSSR count). The Morgan fingerprint density at radius 1 is 1.11 bits per heavy atom. The Labute approximate surface area is 154 Å². The third-order valence-corrected chi connectivity index (χ3v) is 5.03. The van der Waals surface area contributed by atoms with Gasteiger partial charge >= 0.3 is 12.1 Å². The predicted molar refractivity (Wildman–Crippen MR) is 81.6 cm³/mol. The van der Waals surface area contributed by atoms with Crippen molar-refractivity contribution < 1.29 is 40.3 Å². The number of carbonyl (C=O) groups is 1. The van der Waals surface area contributed by atoms with Gasteiger partial charge in [0.05, 0.1) is 11.5 Å². The van der Waals surface area contributed by atoms with Gasteiger partial charge in [0.25, 0.3) is 0 Å². The molecule has 2 nitrogen and oxygen atoms in total. The van der Waals surface area contributed by atoms with Crippen LogP contribution in [0.15, 0.2) is 11.1 Å². The summed E-state index contributed by atoms with van der Waals surface area (Å²) in [6, 6.07) is 0. The minimum Gasteiger partial charge on any atom is -0.460 e. The van der Waals surface area contributed by atoms with Crippen LogP contribution in [0, 0.1) is 47.4 Å². The molecule has 1 saturated carbocycles. The highest BCUT2D eigenvalue weighted by atomic mass is 35.5. The molecule has 0 saturated heterocycles. The van der Waals surface area contributed by atoms with Gasteiger partial charge in [-0.2, -0.15) is 13.2 Å². The molecule has 0 N–H and O–H groups in total. The maximum atomic E-state index is 13.8. The summed E-state index contributed by atoms with van der Waals surface area (Å²) < 4.78 is 96.8. The normalized spacial score (nSPS) is 22.0. The van der Waals surface area contributed by atoms with Gasteiger partial charge < -0.3 is 4.74 Å². The lowest BCUT2D eigenvalue weighted by Crippen LogP contribution is -2.14. The fraction of sp³-hybridized carbons (Fsp3) is 0.471. The van der Waals surface area contributed by atoms with Crippen LogP contribution in [-0.4, -0.2) is 12.1 Å². The number of hydrogen-bond acceptors (Lipinski definition) is 2. The lowest BCUT2D eigenvalue weighted by Gasteiger charge is -2.10. The largest absolute Gasteiger partial charge is 0.460 e. The van der Waals surface area contributed by atoms with Crippen LogP contribution in [0.5, 0.6) is 0 Å². The van der Waals surface area contributed by atoms with Crippen molar-refractivity contribution >= 4 is 17.6 Å². The summed E-state index contributed by atoms with van der Waals surface area (Å²) in [4.78, 5) is 12.1. The van der Waals surface area contributed by atoms with Crippen molar-refractivity contribution in [1.82, 2.24) is 0 Å². The maximum absolute atomic E-state index is 13.8. The molecule has 2 unspecified atom stereocenters. The van der Waals surface area contributed by atoms with Crippen LogP contribution in [0.3, 0.4) is 0 Å². The highest BCUT2D eigenvalue weighted by molar-refractivity contribution is 6.30. The van der Waals surface area contributed by atoms with Gasteiger partial charge in [0.15, 0.2) is 23.3 Å². The van der Waals surface area contributed by atoms with Gasteiger partial charge in [-0.1, -0.05) is 31.5 Å². The number of hydrogen-bond donors (Lipinski definition) is 0. The number of carbonyl (C=O) groups excluding carboxylic acids is 1. The number of allylic oxidation sites excluding steroid dienone is 2. The first-order valence-electron chi connectivity index (χ1n) is 7.63. The molecule has 0 spiro atoms. The Balaban J connectivity index is 2.16. The second-order valence-corrected chi connectivity index (χ2v) is 7.21. The van der Waals surface area contributed by atoms with Gasteiger partial charge in [-0.25, -0.2) is 17.6 Å². The molecule has 27 heavy (non-hydrogen) atoms. The number of rotatable bonds is 4. The summed E-state index contributed by atoms with van der Waals surface area (Å²) in [5.41, 5.74) is -2.93. The molecule has 1 aromatic carbocycles. The standard InChI is InChI=1S/C17H14ClF7O2/c1-6-11(19)13(21)7(14(22)12(6)20)5-27-15(26)10-8(16(10,2)3)4-9(18)17(23,24)25/h4,8,10H,5H2,1-3H3/b9-4+. The second kappa shape index (κ2) is 7.00. The van der Waals surface area contributed by atoms with E-state index in [0.717, 1.165) is 6.92 Å². The summed E-state index contributed by atoms with van der Waals surface area (Å²) in [7, 11) is 0. The fourth-order valence-electron chi connectivity index (χ4n) is 2.84. The molecule has 1 fully saturated rings. The summed E-state index contributed by atoms with van der Waals surface area (Å²) in [5, 5.41) is -1.41. The quantitative estimate of drug-likeness (QED) is 0.364. The van der Waals surface area contributed by atoms with E-state index >= 15 is 0 Å². The van der Waals surface area contributed by atoms with Gasteiger partial charge in [0, 0.05) is 5.56 Å². The van der Waals surface area contributed by atoms with E-state index in [1.807, 2.05) is 0 Å². The van der Waals surface area contributed by atoms with E-state index in [9.17, 15) is 35.5 Å². The minimum atomic E-state index is -4.78. The summed E-state index contributed by atoms with van der Waals surface area (Å²) in [6.07, 6.45) is -4.11. The van der Waals surface area contributed by atoms with Gasteiger partial charge in [-0.15, -0.1) is 0 Å². The van der Waals surface area contributed by atoms with E-state index in [1.54, 1.807) is 0 Å². The third kappa shape index (κ3) is 3.93. The topological polar surface area (TPSA) is 26.3 Å². The molecule has 0 aliphatic heterocycles. The van der Waals surface area contributed by atoms with Crippen LogP contribution in [0.25, 0.3) is 0 Å². The Morgan fingerprint density at radius 2 is 1.59 bits per heavy atom. The number of esters is 1. The first-order chi connectivity index (χ1) is 12.2. The van der Waals surface area contributed by atoms with Crippen molar-refractivity contribution in [2.24, 2.45) is 17.3 Å². The average molecular weight is 419 g/mol. The number of alkyl halides is 3. The van der Waals surface area contributed by atoms with Crippen molar-refractivity contribution in [2.75, 3.05) is 0 Å². The van der Waals surface area contributed by atoms with Crippen LogP contribution in [-0.2, 0) is 16.1 Å². The number of ether oxygens (including phenoxy) is 1. The number of halogens is 8. The Hall–Kier alpha value is -1.77. The SMILES string of the molecule is Cc1c(F)c(F)c(COC(=O)C2C(/C=C(/Cl)C(F)(F)F)C2(C)C)c(F)c1F. The lowest BCUT2D eigenvalue weighted by molar-refractivity contribution is -0.147. The first kappa shape index (κ1) is 21.5. The Morgan fingerprint density at radius 3 is 2.04 bits per heavy atom. The Bertz CT molecular complexity index is 785. The van der Waals surface area contributed by atoms with Crippen molar-refractivity contribution in [3.8, 4) is 0 Å². The molecule has 1 aromatic rings. The summed E-state index contributed by atoms with van der Waals surface area (Å²) in [6.45, 7) is 2.68. The predicted octanol–water partition coefficient (Wildman–Crippen LogP) is 5.55. The Kier molecular flexibility index (Phi) is 5.58. The van der Waals surface area contributed by atoms with E-state index in [2.05, 4.69) is 0 Å². The van der Waals surface area contributed by atoms with Crippen LogP contribution in [0.4, 0.5) is 30.7 Å². The monoisotopic (exact) mass is 418 g/mol. The molecular weight excluding hydrogens is 405 g/mol. The molecule has 0 heterocycles. The molecule has 0 amide bonds. The molecular formula is C17H14ClF7O2. The van der Waals surface area contributed by atoms with E-state index < -0.39 is 75.4 Å². The van der Waals surface area contributed by atoms with Gasteiger partial charge in [0.1, 0.15) is 11.6 Å². The van der Waals surface area contributed by atoms with Crippen LogP contribution >= 0.6 is 11.6 Å². The first-order valence-corrected chi connectivity index (χ1v) is 8.01. The molecule has 0 aromatic heterocycles. The van der Waals surface area contributed by atoms with Gasteiger partial charge in [-0.3, -0.25) is 4.79 Å². The van der Waals surface area contributed by atoms with E-state index in [4.69, 9.17) is 16.3 Å². The molecule has 0 bridgehead atoms. The zero-order valence-corrected chi connectivity index (χ0v) is 15.0.